The zero-order chi connectivity index (χ0) is 26.1. The van der Waals surface area contributed by atoms with Crippen LogP contribution in [0.4, 0.5) is 0 Å². The van der Waals surface area contributed by atoms with E-state index in [2.05, 4.69) is 0 Å². The molecule has 3 aromatic rings. The molecule has 11 heteroatoms. The van der Waals surface area contributed by atoms with Crippen molar-refractivity contribution in [2.45, 2.75) is 18.6 Å². The van der Waals surface area contributed by atoms with Crippen LogP contribution in [0.1, 0.15) is 27.6 Å². The maximum absolute atomic E-state index is 13.1. The molecule has 1 aliphatic heterocycles. The number of hydrogen-bond donors (Lipinski definition) is 5. The number of ether oxygens (including phenoxy) is 5. The van der Waals surface area contributed by atoms with E-state index in [-0.39, 0.29) is 74.9 Å². The molecule has 0 aliphatic carbocycles. The third kappa shape index (κ3) is 4.38. The summed E-state index contributed by atoms with van der Waals surface area (Å²) >= 11 is 0. The van der Waals surface area contributed by atoms with Crippen LogP contribution >= 0.6 is 0 Å². The number of aromatic hydroxyl groups is 5. The topological polar surface area (TPSA) is 164 Å². The summed E-state index contributed by atoms with van der Waals surface area (Å²) in [4.78, 5) is 13.1. The van der Waals surface area contributed by atoms with Crippen LogP contribution in [0.3, 0.4) is 0 Å². The SMILES string of the molecule is COc1cc(C(=O)O[C@@H]2Cc3c(O)cc(O)cc3O[C@@H]2c2cc(O)c(OC)c(O)c2)cc(O)c1OC. The maximum Gasteiger partial charge on any atom is 0.338 e. The Morgan fingerprint density at radius 1 is 0.806 bits per heavy atom. The van der Waals surface area contributed by atoms with E-state index in [0.29, 0.717) is 0 Å². The fourth-order valence-corrected chi connectivity index (χ4v) is 4.09. The van der Waals surface area contributed by atoms with Gasteiger partial charge < -0.3 is 49.2 Å². The first-order chi connectivity index (χ1) is 17.2. The Labute approximate surface area is 205 Å². The third-order valence-electron chi connectivity index (χ3n) is 5.73. The highest BCUT2D eigenvalue weighted by molar-refractivity contribution is 5.91. The summed E-state index contributed by atoms with van der Waals surface area (Å²) in [6, 6.07) is 7.44. The largest absolute Gasteiger partial charge is 0.508 e. The van der Waals surface area contributed by atoms with E-state index in [1.165, 1.54) is 45.6 Å². The quantitative estimate of drug-likeness (QED) is 0.316. The lowest BCUT2D eigenvalue weighted by atomic mass is 9.93. The Morgan fingerprint density at radius 3 is 2.06 bits per heavy atom. The van der Waals surface area contributed by atoms with Crippen molar-refractivity contribution < 1.29 is 54.0 Å². The number of fused-ring (bicyclic) bond motifs is 1. The number of esters is 1. The number of phenols is 5. The highest BCUT2D eigenvalue weighted by Gasteiger charge is 2.37. The molecule has 0 spiro atoms. The number of carbonyl (C=O) groups excluding carboxylic acids is 1. The Morgan fingerprint density at radius 2 is 1.44 bits per heavy atom. The molecule has 11 nitrogen and oxygen atoms in total. The molecule has 2 atom stereocenters. The lowest BCUT2D eigenvalue weighted by Crippen LogP contribution is -2.34. The highest BCUT2D eigenvalue weighted by Crippen LogP contribution is 2.46. The predicted molar refractivity (Wildman–Crippen MR) is 124 cm³/mol. The fourth-order valence-electron chi connectivity index (χ4n) is 4.09. The predicted octanol–water partition coefficient (Wildman–Crippen LogP) is 3.14. The molecule has 0 amide bonds. The van der Waals surface area contributed by atoms with Gasteiger partial charge in [0.2, 0.25) is 11.5 Å². The Balaban J connectivity index is 1.74. The zero-order valence-electron chi connectivity index (χ0n) is 19.5. The van der Waals surface area contributed by atoms with E-state index in [9.17, 15) is 30.3 Å². The van der Waals surface area contributed by atoms with Gasteiger partial charge in [-0.1, -0.05) is 0 Å². The van der Waals surface area contributed by atoms with Gasteiger partial charge in [0.15, 0.2) is 29.1 Å². The van der Waals surface area contributed by atoms with Gasteiger partial charge in [-0.15, -0.1) is 0 Å². The summed E-state index contributed by atoms with van der Waals surface area (Å²) in [5.74, 6) is -2.36. The molecule has 1 heterocycles. The summed E-state index contributed by atoms with van der Waals surface area (Å²) in [5.41, 5.74) is 0.455. The normalized spacial score (nSPS) is 16.4. The monoisotopic (exact) mass is 500 g/mol. The van der Waals surface area contributed by atoms with Gasteiger partial charge >= 0.3 is 5.97 Å². The van der Waals surface area contributed by atoms with E-state index >= 15 is 0 Å². The highest BCUT2D eigenvalue weighted by atomic mass is 16.6. The van der Waals surface area contributed by atoms with E-state index in [1.54, 1.807) is 0 Å². The van der Waals surface area contributed by atoms with Crippen molar-refractivity contribution >= 4 is 5.97 Å². The number of carbonyl (C=O) groups is 1. The van der Waals surface area contributed by atoms with Crippen molar-refractivity contribution in [3.63, 3.8) is 0 Å². The first kappa shape index (κ1) is 24.5. The molecule has 1 aliphatic rings. The zero-order valence-corrected chi connectivity index (χ0v) is 19.5. The fraction of sp³-hybridized carbons (Fsp3) is 0.240. The molecule has 4 rings (SSSR count). The van der Waals surface area contributed by atoms with Gasteiger partial charge in [-0.25, -0.2) is 4.79 Å². The van der Waals surface area contributed by atoms with Crippen LogP contribution < -0.4 is 18.9 Å². The van der Waals surface area contributed by atoms with Crippen LogP contribution in [0.5, 0.6) is 51.7 Å². The molecule has 0 saturated heterocycles. The van der Waals surface area contributed by atoms with E-state index in [4.69, 9.17) is 23.7 Å². The van der Waals surface area contributed by atoms with Gasteiger partial charge in [0, 0.05) is 29.7 Å². The van der Waals surface area contributed by atoms with Gasteiger partial charge in [0.1, 0.15) is 23.4 Å². The van der Waals surface area contributed by atoms with Crippen molar-refractivity contribution in [1.29, 1.82) is 0 Å². The Bertz CT molecular complexity index is 1290. The molecular formula is C25H24O11. The Hall–Kier alpha value is -4.67. The first-order valence-electron chi connectivity index (χ1n) is 10.6. The minimum Gasteiger partial charge on any atom is -0.508 e. The van der Waals surface area contributed by atoms with Gasteiger partial charge in [-0.2, -0.15) is 0 Å². The molecule has 190 valence electrons. The molecule has 3 aromatic carbocycles. The molecule has 36 heavy (non-hydrogen) atoms. The summed E-state index contributed by atoms with van der Waals surface area (Å²) in [6.45, 7) is 0. The van der Waals surface area contributed by atoms with E-state index in [1.807, 2.05) is 0 Å². The average Bonchev–Trinajstić information content (AvgIpc) is 2.83. The lowest BCUT2D eigenvalue weighted by Gasteiger charge is -2.34. The second kappa shape index (κ2) is 9.53. The van der Waals surface area contributed by atoms with Gasteiger partial charge in [0.05, 0.1) is 26.9 Å². The first-order valence-corrected chi connectivity index (χ1v) is 10.6. The number of methoxy groups -OCH3 is 3. The molecule has 0 aromatic heterocycles. The van der Waals surface area contributed by atoms with Crippen LogP contribution in [0.15, 0.2) is 36.4 Å². The number of rotatable bonds is 6. The Kier molecular flexibility index (Phi) is 6.47. The summed E-state index contributed by atoms with van der Waals surface area (Å²) < 4.78 is 26.9. The van der Waals surface area contributed by atoms with Crippen molar-refractivity contribution in [1.82, 2.24) is 0 Å². The molecule has 0 radical (unpaired) electrons. The van der Waals surface area contributed by atoms with Crippen LogP contribution in [0.2, 0.25) is 0 Å². The molecular weight excluding hydrogens is 476 g/mol. The molecule has 5 N–H and O–H groups in total. The average molecular weight is 500 g/mol. The maximum atomic E-state index is 13.1. The van der Waals surface area contributed by atoms with Gasteiger partial charge in [0.25, 0.3) is 0 Å². The molecule has 0 bridgehead atoms. The van der Waals surface area contributed by atoms with Crippen LogP contribution in [0, 0.1) is 0 Å². The second-order valence-corrected chi connectivity index (χ2v) is 7.95. The third-order valence-corrected chi connectivity index (χ3v) is 5.73. The van der Waals surface area contributed by atoms with Gasteiger partial charge in [-0.3, -0.25) is 0 Å². The standard InChI is InChI=1S/C25H24O11/c1-32-20-7-12(6-18(30)24(20)34-3)25(31)36-21-10-14-15(27)8-13(26)9-19(14)35-22(21)11-4-16(28)23(33-2)17(29)5-11/h4-9,21-22,26-30H,10H2,1-3H3/t21-,22-/m1/s1. The number of benzene rings is 3. The second-order valence-electron chi connectivity index (χ2n) is 7.95. The van der Waals surface area contributed by atoms with Crippen LogP contribution in [0.25, 0.3) is 0 Å². The minimum atomic E-state index is -1.07. The van der Waals surface area contributed by atoms with Crippen molar-refractivity contribution in [3.8, 4) is 51.7 Å². The summed E-state index contributed by atoms with van der Waals surface area (Å²) in [5, 5.41) is 51.0. The molecule has 0 saturated carbocycles. The molecule has 0 fully saturated rings. The smallest absolute Gasteiger partial charge is 0.338 e. The molecule has 0 unspecified atom stereocenters. The van der Waals surface area contributed by atoms with Crippen molar-refractivity contribution in [2.75, 3.05) is 21.3 Å². The van der Waals surface area contributed by atoms with Crippen LogP contribution in [-0.2, 0) is 11.2 Å². The van der Waals surface area contributed by atoms with Gasteiger partial charge in [-0.05, 0) is 24.3 Å². The minimum absolute atomic E-state index is 0.0370. The van der Waals surface area contributed by atoms with Crippen LogP contribution in [-0.4, -0.2) is 58.9 Å². The van der Waals surface area contributed by atoms with E-state index < -0.39 is 18.2 Å². The van der Waals surface area contributed by atoms with E-state index in [0.717, 1.165) is 12.1 Å². The number of hydrogen-bond acceptors (Lipinski definition) is 11. The number of phenolic OH excluding ortho intramolecular Hbond substituents is 5. The summed E-state index contributed by atoms with van der Waals surface area (Å²) in [7, 11) is 3.95. The van der Waals surface area contributed by atoms with Crippen molar-refractivity contribution in [3.05, 3.63) is 53.1 Å². The lowest BCUT2D eigenvalue weighted by molar-refractivity contribution is -0.0189. The van der Waals surface area contributed by atoms with Crippen molar-refractivity contribution in [2.24, 2.45) is 0 Å². The summed E-state index contributed by atoms with van der Waals surface area (Å²) in [6.07, 6.45) is -2.17.